The maximum Gasteiger partial charge on any atom is 0.354 e. The van der Waals surface area contributed by atoms with Crippen LogP contribution in [0.25, 0.3) is 0 Å². The van der Waals surface area contributed by atoms with Crippen molar-refractivity contribution in [3.05, 3.63) is 29.6 Å². The van der Waals surface area contributed by atoms with E-state index < -0.39 is 18.1 Å². The van der Waals surface area contributed by atoms with Crippen molar-refractivity contribution in [2.75, 3.05) is 0 Å². The maximum atomic E-state index is 10.7. The van der Waals surface area contributed by atoms with Gasteiger partial charge in [-0.25, -0.2) is 9.78 Å². The van der Waals surface area contributed by atoms with Crippen LogP contribution in [-0.4, -0.2) is 27.3 Å². The summed E-state index contributed by atoms with van der Waals surface area (Å²) in [5, 5.41) is 18.0. The van der Waals surface area contributed by atoms with Crippen molar-refractivity contribution in [1.82, 2.24) is 4.98 Å². The van der Waals surface area contributed by atoms with Crippen LogP contribution in [0.5, 0.6) is 0 Å². The molecule has 0 saturated heterocycles. The Kier molecular flexibility index (Phi) is 3.16. The Hall–Kier alpha value is -1.46. The first-order chi connectivity index (χ1) is 6.54. The lowest BCUT2D eigenvalue weighted by atomic mass is 10.0. The first kappa shape index (κ1) is 10.6. The van der Waals surface area contributed by atoms with Crippen molar-refractivity contribution in [3.63, 3.8) is 0 Å². The van der Waals surface area contributed by atoms with Gasteiger partial charge in [0.05, 0.1) is 12.1 Å². The first-order valence-electron chi connectivity index (χ1n) is 4.16. The summed E-state index contributed by atoms with van der Waals surface area (Å²) in [6.07, 6.45) is 0.569. The van der Waals surface area contributed by atoms with Crippen molar-refractivity contribution in [1.29, 1.82) is 0 Å². The summed E-state index contributed by atoms with van der Waals surface area (Å²) in [6, 6.07) is 2.41. The summed E-state index contributed by atoms with van der Waals surface area (Å²) in [5.74, 6) is -1.14. The Morgan fingerprint density at radius 3 is 2.79 bits per heavy atom. The van der Waals surface area contributed by atoms with E-state index in [0.717, 1.165) is 0 Å². The summed E-state index contributed by atoms with van der Waals surface area (Å²) in [5.41, 5.74) is 5.86. The zero-order valence-electron chi connectivity index (χ0n) is 7.71. The number of pyridine rings is 1. The van der Waals surface area contributed by atoms with E-state index in [1.54, 1.807) is 12.1 Å². The predicted octanol–water partition coefficient (Wildman–Crippen LogP) is 0.160. The van der Waals surface area contributed by atoms with Crippen molar-refractivity contribution in [2.24, 2.45) is 5.73 Å². The number of hydrogen-bond acceptors (Lipinski definition) is 4. The van der Waals surface area contributed by atoms with Crippen molar-refractivity contribution in [2.45, 2.75) is 19.1 Å². The molecule has 0 bridgehead atoms. The van der Waals surface area contributed by atoms with Gasteiger partial charge in [-0.3, -0.25) is 0 Å². The topological polar surface area (TPSA) is 96.4 Å². The maximum absolute atomic E-state index is 10.7. The van der Waals surface area contributed by atoms with Gasteiger partial charge in [-0.05, 0) is 13.0 Å². The average molecular weight is 196 g/mol. The molecular formula is C9H12N2O3. The van der Waals surface area contributed by atoms with Gasteiger partial charge < -0.3 is 15.9 Å². The zero-order valence-corrected chi connectivity index (χ0v) is 7.71. The van der Waals surface area contributed by atoms with Crippen LogP contribution in [0.15, 0.2) is 18.3 Å². The molecule has 0 radical (unpaired) electrons. The Morgan fingerprint density at radius 1 is 1.64 bits per heavy atom. The summed E-state index contributed by atoms with van der Waals surface area (Å²) < 4.78 is 0. The highest BCUT2D eigenvalue weighted by Gasteiger charge is 2.19. The third-order valence-corrected chi connectivity index (χ3v) is 1.92. The molecule has 0 aromatic carbocycles. The summed E-state index contributed by atoms with van der Waals surface area (Å²) in [7, 11) is 0. The summed E-state index contributed by atoms with van der Waals surface area (Å²) >= 11 is 0. The lowest BCUT2D eigenvalue weighted by molar-refractivity contribution is 0.0686. The molecule has 1 aromatic rings. The van der Waals surface area contributed by atoms with Gasteiger partial charge in [0.1, 0.15) is 0 Å². The number of aromatic nitrogens is 1. The minimum atomic E-state index is -1.14. The van der Waals surface area contributed by atoms with Gasteiger partial charge >= 0.3 is 5.97 Å². The lowest BCUT2D eigenvalue weighted by Crippen LogP contribution is -2.25. The SMILES string of the molecule is C[C@H](O)[C@@H](N)c1cccnc1C(=O)O. The van der Waals surface area contributed by atoms with Crippen LogP contribution in [0.4, 0.5) is 0 Å². The van der Waals surface area contributed by atoms with E-state index >= 15 is 0 Å². The highest BCUT2D eigenvalue weighted by Crippen LogP contribution is 2.16. The number of aliphatic hydroxyl groups excluding tert-OH is 1. The fourth-order valence-corrected chi connectivity index (χ4v) is 1.13. The fourth-order valence-electron chi connectivity index (χ4n) is 1.13. The molecule has 1 rings (SSSR count). The van der Waals surface area contributed by atoms with Crippen LogP contribution in [0.3, 0.4) is 0 Å². The van der Waals surface area contributed by atoms with Gasteiger partial charge in [0, 0.05) is 11.8 Å². The minimum Gasteiger partial charge on any atom is -0.477 e. The molecule has 5 nitrogen and oxygen atoms in total. The largest absolute Gasteiger partial charge is 0.477 e. The Bertz CT molecular complexity index is 339. The number of rotatable bonds is 3. The van der Waals surface area contributed by atoms with E-state index in [4.69, 9.17) is 10.8 Å². The second kappa shape index (κ2) is 4.17. The third kappa shape index (κ3) is 2.07. The minimum absolute atomic E-state index is 0.110. The standard InChI is InChI=1S/C9H12N2O3/c1-5(12)7(10)6-3-2-4-11-8(6)9(13)14/h2-5,7,12H,10H2,1H3,(H,13,14)/t5-,7+/m0/s1. The van der Waals surface area contributed by atoms with Gasteiger partial charge in [-0.15, -0.1) is 0 Å². The van der Waals surface area contributed by atoms with Crippen LogP contribution in [-0.2, 0) is 0 Å². The monoisotopic (exact) mass is 196 g/mol. The van der Waals surface area contributed by atoms with E-state index in [9.17, 15) is 9.90 Å². The predicted molar refractivity (Wildman–Crippen MR) is 49.8 cm³/mol. The Balaban J connectivity index is 3.13. The van der Waals surface area contributed by atoms with E-state index in [0.29, 0.717) is 5.56 Å². The van der Waals surface area contributed by atoms with Crippen molar-refractivity contribution < 1.29 is 15.0 Å². The number of hydrogen-bond donors (Lipinski definition) is 3. The molecule has 0 aliphatic rings. The lowest BCUT2D eigenvalue weighted by Gasteiger charge is -2.16. The quantitative estimate of drug-likeness (QED) is 0.639. The molecule has 0 aliphatic carbocycles. The molecule has 14 heavy (non-hydrogen) atoms. The van der Waals surface area contributed by atoms with Gasteiger partial charge in [-0.1, -0.05) is 6.07 Å². The smallest absolute Gasteiger partial charge is 0.354 e. The molecular weight excluding hydrogens is 184 g/mol. The van der Waals surface area contributed by atoms with Crippen LogP contribution in [0.1, 0.15) is 29.0 Å². The van der Waals surface area contributed by atoms with E-state index in [1.807, 2.05) is 0 Å². The molecule has 0 unspecified atom stereocenters. The van der Waals surface area contributed by atoms with Gasteiger partial charge in [0.15, 0.2) is 5.69 Å². The highest BCUT2D eigenvalue weighted by molar-refractivity contribution is 5.87. The number of carboxylic acid groups (broad SMARTS) is 1. The summed E-state index contributed by atoms with van der Waals surface area (Å²) in [6.45, 7) is 1.50. The van der Waals surface area contributed by atoms with E-state index in [-0.39, 0.29) is 5.69 Å². The first-order valence-corrected chi connectivity index (χ1v) is 4.16. The second-order valence-corrected chi connectivity index (χ2v) is 3.01. The molecule has 2 atom stereocenters. The van der Waals surface area contributed by atoms with Crippen LogP contribution in [0.2, 0.25) is 0 Å². The molecule has 0 spiro atoms. The second-order valence-electron chi connectivity index (χ2n) is 3.01. The molecule has 4 N–H and O–H groups in total. The average Bonchev–Trinajstić information content (AvgIpc) is 2.16. The normalized spacial score (nSPS) is 14.8. The number of carboxylic acids is 1. The number of aliphatic hydroxyl groups is 1. The number of carbonyl (C=O) groups is 1. The number of aromatic carboxylic acids is 1. The molecule has 0 aliphatic heterocycles. The number of nitrogens with two attached hydrogens (primary N) is 1. The highest BCUT2D eigenvalue weighted by atomic mass is 16.4. The van der Waals surface area contributed by atoms with Crippen molar-refractivity contribution in [3.8, 4) is 0 Å². The Morgan fingerprint density at radius 2 is 2.29 bits per heavy atom. The molecule has 1 heterocycles. The Labute approximate surface area is 81.2 Å². The molecule has 5 heteroatoms. The van der Waals surface area contributed by atoms with Gasteiger partial charge in [0.2, 0.25) is 0 Å². The van der Waals surface area contributed by atoms with Crippen LogP contribution in [0, 0.1) is 0 Å². The number of nitrogens with zero attached hydrogens (tertiary/aromatic N) is 1. The fraction of sp³-hybridized carbons (Fsp3) is 0.333. The van der Waals surface area contributed by atoms with Crippen LogP contribution < -0.4 is 5.73 Å². The summed E-state index contributed by atoms with van der Waals surface area (Å²) in [4.78, 5) is 14.4. The molecule has 0 saturated carbocycles. The third-order valence-electron chi connectivity index (χ3n) is 1.92. The van der Waals surface area contributed by atoms with Gasteiger partial charge in [-0.2, -0.15) is 0 Å². The molecule has 0 fully saturated rings. The molecule has 1 aromatic heterocycles. The molecule has 76 valence electrons. The molecule has 0 amide bonds. The van der Waals surface area contributed by atoms with E-state index in [1.165, 1.54) is 13.1 Å². The van der Waals surface area contributed by atoms with Gasteiger partial charge in [0.25, 0.3) is 0 Å². The van der Waals surface area contributed by atoms with Crippen LogP contribution >= 0.6 is 0 Å². The van der Waals surface area contributed by atoms with E-state index in [2.05, 4.69) is 4.98 Å². The van der Waals surface area contributed by atoms with Crippen molar-refractivity contribution >= 4 is 5.97 Å². The zero-order chi connectivity index (χ0) is 10.7.